The van der Waals surface area contributed by atoms with Crippen molar-refractivity contribution in [2.75, 3.05) is 0 Å². The van der Waals surface area contributed by atoms with Crippen LogP contribution in [0.25, 0.3) is 0 Å². The van der Waals surface area contributed by atoms with Gasteiger partial charge in [0.15, 0.2) is 0 Å². The minimum absolute atomic E-state index is 0. The molecule has 0 aliphatic rings. The van der Waals surface area contributed by atoms with Gasteiger partial charge in [0.2, 0.25) is 0 Å². The van der Waals surface area contributed by atoms with Gasteiger partial charge in [-0.3, -0.25) is 0 Å². The number of hydrogen-bond donors (Lipinski definition) is 2. The first-order valence-electron chi connectivity index (χ1n) is 23.3. The molecule has 0 aliphatic carbocycles. The fourth-order valence-corrected chi connectivity index (χ4v) is 7.28. The molecule has 2 aromatic rings. The molecule has 0 saturated heterocycles. The Kier molecular flexibility index (Phi) is 41.2. The zero-order valence-corrected chi connectivity index (χ0v) is 41.8. The Morgan fingerprint density at radius 2 is 0.746 bits per heavy atom. The Hall–Kier alpha value is -1.21. The Bertz CT molecular complexity index is 1110. The normalized spacial score (nSPS) is 13.1. The summed E-state index contributed by atoms with van der Waals surface area (Å²) in [5, 5.41) is 42.2. The molecule has 9 heteroatoms. The molecule has 8 nitrogen and oxygen atoms in total. The van der Waals surface area contributed by atoms with Crippen LogP contribution in [0.3, 0.4) is 0 Å². The quantitative estimate of drug-likeness (QED) is 0.0501. The summed E-state index contributed by atoms with van der Waals surface area (Å²) in [6.07, 6.45) is 27.1. The minimum atomic E-state index is -1.06. The van der Waals surface area contributed by atoms with E-state index in [2.05, 4.69) is 13.8 Å². The van der Waals surface area contributed by atoms with E-state index in [0.29, 0.717) is 38.9 Å². The van der Waals surface area contributed by atoms with E-state index in [1.54, 1.807) is 0 Å². The number of aliphatic carboxylic acids is 2. The Morgan fingerprint density at radius 3 is 1.03 bits per heavy atom. The second-order valence-corrected chi connectivity index (χ2v) is 16.3. The molecule has 0 saturated carbocycles. The van der Waals surface area contributed by atoms with E-state index in [0.717, 1.165) is 49.7 Å². The van der Waals surface area contributed by atoms with Gasteiger partial charge in [-0.15, -0.1) is 0 Å². The van der Waals surface area contributed by atoms with Gasteiger partial charge in [0.25, 0.3) is 0 Å². The molecular formula is C50H82BaO8. The Morgan fingerprint density at radius 1 is 0.458 bits per heavy atom. The number of aliphatic hydroxyl groups is 2. The number of carboxylic acids is 2. The largest absolute Gasteiger partial charge is 2.00 e. The van der Waals surface area contributed by atoms with Gasteiger partial charge in [-0.2, -0.15) is 0 Å². The van der Waals surface area contributed by atoms with Crippen LogP contribution >= 0.6 is 0 Å². The number of benzene rings is 2. The third-order valence-electron chi connectivity index (χ3n) is 10.9. The van der Waals surface area contributed by atoms with Gasteiger partial charge in [-0.1, -0.05) is 203 Å². The number of carboxylic acid groups (broad SMARTS) is 2. The topological polar surface area (TPSA) is 139 Å². The van der Waals surface area contributed by atoms with Gasteiger partial charge < -0.3 is 39.5 Å². The molecule has 0 aromatic heterocycles. The maximum atomic E-state index is 10.6. The van der Waals surface area contributed by atoms with Crippen LogP contribution < -0.4 is 10.2 Å². The number of ether oxygens (including phenoxy) is 2. The average molecular weight is 949 g/mol. The molecule has 0 bridgehead atoms. The molecule has 0 spiro atoms. The molecule has 0 aliphatic heterocycles. The van der Waals surface area contributed by atoms with Crippen molar-refractivity contribution in [1.82, 2.24) is 0 Å². The van der Waals surface area contributed by atoms with Crippen molar-refractivity contribution in [3.05, 3.63) is 71.8 Å². The summed E-state index contributed by atoms with van der Waals surface area (Å²) in [6, 6.07) is 19.9. The summed E-state index contributed by atoms with van der Waals surface area (Å²) in [4.78, 5) is 21.2. The molecule has 0 fully saturated rings. The molecule has 0 amide bonds. The average Bonchev–Trinajstić information content (AvgIpc) is 3.22. The van der Waals surface area contributed by atoms with Crippen molar-refractivity contribution in [3.8, 4) is 0 Å². The number of hydrogen-bond acceptors (Lipinski definition) is 8. The van der Waals surface area contributed by atoms with Crippen LogP contribution in [-0.4, -0.2) is 95.4 Å². The van der Waals surface area contributed by atoms with Gasteiger partial charge in [0, 0.05) is 11.9 Å². The zero-order valence-electron chi connectivity index (χ0n) is 37.3. The molecule has 2 aromatic carbocycles. The van der Waals surface area contributed by atoms with Crippen LogP contribution in [0.15, 0.2) is 60.7 Å². The molecule has 59 heavy (non-hydrogen) atoms. The number of aliphatic hydroxyl groups excluding tert-OH is 2. The smallest absolute Gasteiger partial charge is 0.550 e. The second kappa shape index (κ2) is 42.1. The predicted octanol–water partition coefficient (Wildman–Crippen LogP) is 9.95. The first-order valence-corrected chi connectivity index (χ1v) is 23.3. The maximum absolute atomic E-state index is 10.6. The maximum Gasteiger partial charge on any atom is 2.00 e. The SMILES string of the molecule is CCCCCCCCCCCCC(OCc1ccccc1)C(O)CCCC(=O)[O-].CCCCCCCCCCCCC(OCc1ccccc1)C(O)CCCC(=O)[O-].[Ba+2]. The Labute approximate surface area is 400 Å². The molecule has 4 unspecified atom stereocenters. The fraction of sp³-hybridized carbons (Fsp3) is 0.720. The molecule has 2 rings (SSSR count). The molecule has 2 N–H and O–H groups in total. The van der Waals surface area contributed by atoms with E-state index in [9.17, 15) is 30.0 Å². The van der Waals surface area contributed by atoms with E-state index in [1.165, 1.54) is 103 Å². The van der Waals surface area contributed by atoms with Crippen molar-refractivity contribution in [1.29, 1.82) is 0 Å². The number of carbonyl (C=O) groups excluding carboxylic acids is 2. The van der Waals surface area contributed by atoms with Gasteiger partial charge in [-0.25, -0.2) is 0 Å². The first kappa shape index (κ1) is 57.8. The van der Waals surface area contributed by atoms with Gasteiger partial charge >= 0.3 is 48.9 Å². The van der Waals surface area contributed by atoms with Crippen LogP contribution in [0.4, 0.5) is 0 Å². The van der Waals surface area contributed by atoms with Gasteiger partial charge in [0.05, 0.1) is 37.6 Å². The number of carbonyl (C=O) groups is 2. The summed E-state index contributed by atoms with van der Waals surface area (Å²) in [5.74, 6) is -2.12. The summed E-state index contributed by atoms with van der Waals surface area (Å²) in [6.45, 7) is 5.44. The third kappa shape index (κ3) is 36.0. The summed E-state index contributed by atoms with van der Waals surface area (Å²) in [5.41, 5.74) is 2.17. The number of unbranched alkanes of at least 4 members (excludes halogenated alkanes) is 18. The van der Waals surface area contributed by atoms with Crippen molar-refractivity contribution in [2.45, 2.75) is 231 Å². The summed E-state index contributed by atoms with van der Waals surface area (Å²) in [7, 11) is 0. The van der Waals surface area contributed by atoms with Crippen LogP contribution in [-0.2, 0) is 32.3 Å². The standard InChI is InChI=1S/2C25H42O4.Ba/c2*1-2-3-4-5-6-7-8-9-10-14-19-24(23(26)18-15-20-25(27)28)29-21-22-16-12-11-13-17-22;/h2*11-13,16-17,23-24,26H,2-10,14-15,18-21H2,1H3,(H,27,28);/q;;+2/p-2. The summed E-state index contributed by atoms with van der Waals surface area (Å²) >= 11 is 0. The van der Waals surface area contributed by atoms with Crippen LogP contribution in [0, 0.1) is 0 Å². The Balaban J connectivity index is 0.00000112. The minimum Gasteiger partial charge on any atom is -0.550 e. The van der Waals surface area contributed by atoms with Gasteiger partial charge in [-0.05, 0) is 62.5 Å². The van der Waals surface area contributed by atoms with Crippen LogP contribution in [0.1, 0.15) is 205 Å². The summed E-state index contributed by atoms with van der Waals surface area (Å²) < 4.78 is 12.0. The van der Waals surface area contributed by atoms with Crippen molar-refractivity contribution < 1.29 is 39.5 Å². The zero-order chi connectivity index (χ0) is 42.3. The van der Waals surface area contributed by atoms with Crippen LogP contribution in [0.2, 0.25) is 0 Å². The second-order valence-electron chi connectivity index (χ2n) is 16.3. The molecular weight excluding hydrogens is 866 g/mol. The van der Waals surface area contributed by atoms with Crippen molar-refractivity contribution in [2.24, 2.45) is 0 Å². The molecule has 332 valence electrons. The van der Waals surface area contributed by atoms with E-state index >= 15 is 0 Å². The van der Waals surface area contributed by atoms with Crippen molar-refractivity contribution >= 4 is 60.8 Å². The van der Waals surface area contributed by atoms with Crippen LogP contribution in [0.5, 0.6) is 0 Å². The van der Waals surface area contributed by atoms with E-state index < -0.39 is 24.1 Å². The third-order valence-corrected chi connectivity index (χ3v) is 10.9. The fourth-order valence-electron chi connectivity index (χ4n) is 7.28. The predicted molar refractivity (Wildman–Crippen MR) is 238 cm³/mol. The van der Waals surface area contributed by atoms with Crippen molar-refractivity contribution in [3.63, 3.8) is 0 Å². The first-order chi connectivity index (χ1) is 28.3. The van der Waals surface area contributed by atoms with E-state index in [-0.39, 0.29) is 73.9 Å². The monoisotopic (exact) mass is 949 g/mol. The molecule has 0 radical (unpaired) electrons. The number of rotatable bonds is 38. The molecule has 0 heterocycles. The van der Waals surface area contributed by atoms with E-state index in [1.807, 2.05) is 60.7 Å². The van der Waals surface area contributed by atoms with Gasteiger partial charge in [0.1, 0.15) is 0 Å². The van der Waals surface area contributed by atoms with E-state index in [4.69, 9.17) is 9.47 Å². The molecule has 4 atom stereocenters.